The second kappa shape index (κ2) is 9.00. The molecule has 1 rings (SSSR count). The highest BCUT2D eigenvalue weighted by Gasteiger charge is 2.09. The average molecular weight is 292 g/mol. The maximum atomic E-state index is 11.1. The summed E-state index contributed by atoms with van der Waals surface area (Å²) in [6, 6.07) is 7.00. The minimum atomic E-state index is -0.803. The van der Waals surface area contributed by atoms with Gasteiger partial charge in [0, 0.05) is 24.3 Å². The Morgan fingerprint density at radius 2 is 1.76 bits per heavy atom. The molecule has 1 amide bonds. The summed E-state index contributed by atoms with van der Waals surface area (Å²) < 4.78 is 0. The monoisotopic (exact) mass is 292 g/mol. The fraction of sp³-hybridized carbons (Fsp3) is 0.500. The van der Waals surface area contributed by atoms with Crippen LogP contribution >= 0.6 is 0 Å². The van der Waals surface area contributed by atoms with E-state index in [1.807, 2.05) is 12.1 Å². The Kier molecular flexibility index (Phi) is 7.29. The third kappa shape index (κ3) is 6.29. The van der Waals surface area contributed by atoms with Crippen molar-refractivity contribution >= 4 is 17.6 Å². The van der Waals surface area contributed by atoms with Gasteiger partial charge in [-0.25, -0.2) is 0 Å². The highest BCUT2D eigenvalue weighted by molar-refractivity contribution is 5.93. The maximum absolute atomic E-state index is 11.1. The summed E-state index contributed by atoms with van der Waals surface area (Å²) in [5, 5.41) is 8.85. The van der Waals surface area contributed by atoms with Crippen molar-refractivity contribution in [1.29, 1.82) is 0 Å². The number of nitrogens with zero attached hydrogens (tertiary/aromatic N) is 1. The van der Waals surface area contributed by atoms with Crippen LogP contribution in [-0.2, 0) is 4.79 Å². The normalized spacial score (nSPS) is 10.3. The number of carboxylic acids is 1. The number of hydrogen-bond acceptors (Lipinski definition) is 3. The number of amides is 1. The van der Waals surface area contributed by atoms with E-state index < -0.39 is 11.9 Å². The first kappa shape index (κ1) is 17.0. The van der Waals surface area contributed by atoms with Gasteiger partial charge in [0.05, 0.1) is 6.42 Å². The zero-order valence-electron chi connectivity index (χ0n) is 12.5. The lowest BCUT2D eigenvalue weighted by Gasteiger charge is -2.24. The molecular formula is C16H24N2O3. The van der Waals surface area contributed by atoms with Crippen LogP contribution in [0.2, 0.25) is 0 Å². The van der Waals surface area contributed by atoms with Crippen molar-refractivity contribution in [2.45, 2.75) is 39.0 Å². The minimum Gasteiger partial charge on any atom is -0.481 e. The first-order valence-electron chi connectivity index (χ1n) is 7.41. The number of hydrogen-bond donors (Lipinski definition) is 2. The molecule has 0 bridgehead atoms. The fourth-order valence-corrected chi connectivity index (χ4v) is 2.17. The topological polar surface area (TPSA) is 83.6 Å². The van der Waals surface area contributed by atoms with Gasteiger partial charge in [-0.05, 0) is 30.7 Å². The number of carbonyl (C=O) groups is 2. The summed E-state index contributed by atoms with van der Waals surface area (Å²) in [6.07, 6.45) is 4.63. The molecule has 3 N–H and O–H groups in total. The largest absolute Gasteiger partial charge is 0.481 e. The molecule has 0 aliphatic rings. The van der Waals surface area contributed by atoms with E-state index >= 15 is 0 Å². The van der Waals surface area contributed by atoms with E-state index in [4.69, 9.17) is 10.8 Å². The summed E-state index contributed by atoms with van der Waals surface area (Å²) in [7, 11) is 0. The number of nitrogens with two attached hydrogens (primary N) is 1. The van der Waals surface area contributed by atoms with Gasteiger partial charge in [-0.3, -0.25) is 9.59 Å². The Labute approximate surface area is 125 Å². The molecule has 1 aromatic rings. The average Bonchev–Trinajstić information content (AvgIpc) is 2.46. The Morgan fingerprint density at radius 3 is 2.29 bits per heavy atom. The smallest absolute Gasteiger partial charge is 0.305 e. The summed E-state index contributed by atoms with van der Waals surface area (Å²) in [5.74, 6) is -1.26. The quantitative estimate of drug-likeness (QED) is 0.649. The molecule has 0 atom stereocenters. The number of carbonyl (C=O) groups excluding carboxylic acids is 1. The van der Waals surface area contributed by atoms with Gasteiger partial charge in [0.1, 0.15) is 0 Å². The summed E-state index contributed by atoms with van der Waals surface area (Å²) in [6.45, 7) is 3.45. The standard InChI is InChI=1S/C16H24N2O3/c1-2-3-4-5-11-18(12-10-15(19)20)14-8-6-13(7-9-14)16(17)21/h6-9H,2-5,10-12H2,1H3,(H2,17,21)(H,19,20). The van der Waals surface area contributed by atoms with Crippen LogP contribution in [0.1, 0.15) is 49.4 Å². The highest BCUT2D eigenvalue weighted by Crippen LogP contribution is 2.17. The predicted octanol–water partition coefficient (Wildman–Crippen LogP) is 2.65. The SMILES string of the molecule is CCCCCCN(CCC(=O)O)c1ccc(C(N)=O)cc1. The third-order valence-electron chi connectivity index (χ3n) is 3.39. The fourth-order valence-electron chi connectivity index (χ4n) is 2.17. The molecular weight excluding hydrogens is 268 g/mol. The number of primary amides is 1. The molecule has 0 aliphatic carbocycles. The lowest BCUT2D eigenvalue weighted by molar-refractivity contribution is -0.136. The Morgan fingerprint density at radius 1 is 1.10 bits per heavy atom. The van der Waals surface area contributed by atoms with Gasteiger partial charge >= 0.3 is 5.97 Å². The van der Waals surface area contributed by atoms with E-state index in [-0.39, 0.29) is 6.42 Å². The van der Waals surface area contributed by atoms with Crippen LogP contribution in [0.5, 0.6) is 0 Å². The molecule has 1 aromatic carbocycles. The summed E-state index contributed by atoms with van der Waals surface area (Å²) >= 11 is 0. The van der Waals surface area contributed by atoms with Crippen LogP contribution in [0, 0.1) is 0 Å². The van der Waals surface area contributed by atoms with Crippen molar-refractivity contribution in [2.24, 2.45) is 5.73 Å². The molecule has 0 spiro atoms. The molecule has 0 saturated heterocycles. The summed E-state index contributed by atoms with van der Waals surface area (Å²) in [5.41, 5.74) is 6.61. The molecule has 0 radical (unpaired) electrons. The molecule has 0 unspecified atom stereocenters. The predicted molar refractivity (Wildman–Crippen MR) is 83.6 cm³/mol. The van der Waals surface area contributed by atoms with Crippen molar-refractivity contribution in [3.63, 3.8) is 0 Å². The van der Waals surface area contributed by atoms with Crippen molar-refractivity contribution in [1.82, 2.24) is 0 Å². The van der Waals surface area contributed by atoms with E-state index in [9.17, 15) is 9.59 Å². The van der Waals surface area contributed by atoms with E-state index in [1.165, 1.54) is 12.8 Å². The van der Waals surface area contributed by atoms with Crippen LogP contribution in [0.15, 0.2) is 24.3 Å². The molecule has 5 nitrogen and oxygen atoms in total. The lowest BCUT2D eigenvalue weighted by atomic mass is 10.1. The number of anilines is 1. The number of benzene rings is 1. The number of carboxylic acid groups (broad SMARTS) is 1. The number of rotatable bonds is 10. The van der Waals surface area contributed by atoms with Crippen molar-refractivity contribution in [3.05, 3.63) is 29.8 Å². The Hall–Kier alpha value is -2.04. The van der Waals surface area contributed by atoms with Gasteiger partial charge in [0.2, 0.25) is 5.91 Å². The van der Waals surface area contributed by atoms with Gasteiger partial charge in [-0.2, -0.15) is 0 Å². The number of unbranched alkanes of at least 4 members (excludes halogenated alkanes) is 3. The zero-order valence-corrected chi connectivity index (χ0v) is 12.5. The van der Waals surface area contributed by atoms with Crippen LogP contribution < -0.4 is 10.6 Å². The van der Waals surface area contributed by atoms with Gasteiger partial charge in [0.15, 0.2) is 0 Å². The molecule has 116 valence electrons. The van der Waals surface area contributed by atoms with Crippen LogP contribution in [0.4, 0.5) is 5.69 Å². The van der Waals surface area contributed by atoms with Crippen LogP contribution in [0.25, 0.3) is 0 Å². The third-order valence-corrected chi connectivity index (χ3v) is 3.39. The van der Waals surface area contributed by atoms with Crippen LogP contribution in [-0.4, -0.2) is 30.1 Å². The number of aliphatic carboxylic acids is 1. The Balaban J connectivity index is 2.68. The zero-order chi connectivity index (χ0) is 15.7. The van der Waals surface area contributed by atoms with Crippen LogP contribution in [0.3, 0.4) is 0 Å². The van der Waals surface area contributed by atoms with Gasteiger partial charge in [-0.15, -0.1) is 0 Å². The first-order chi connectivity index (χ1) is 10.0. The molecule has 0 fully saturated rings. The molecule has 0 heterocycles. The van der Waals surface area contributed by atoms with Gasteiger partial charge < -0.3 is 15.7 Å². The molecule has 21 heavy (non-hydrogen) atoms. The van der Waals surface area contributed by atoms with Crippen molar-refractivity contribution in [2.75, 3.05) is 18.0 Å². The second-order valence-electron chi connectivity index (χ2n) is 5.10. The second-order valence-corrected chi connectivity index (χ2v) is 5.10. The molecule has 0 saturated carbocycles. The van der Waals surface area contributed by atoms with Gasteiger partial charge in [0.25, 0.3) is 0 Å². The molecule has 5 heteroatoms. The van der Waals surface area contributed by atoms with Crippen molar-refractivity contribution < 1.29 is 14.7 Å². The highest BCUT2D eigenvalue weighted by atomic mass is 16.4. The van der Waals surface area contributed by atoms with Crippen molar-refractivity contribution in [3.8, 4) is 0 Å². The maximum Gasteiger partial charge on any atom is 0.305 e. The first-order valence-corrected chi connectivity index (χ1v) is 7.41. The van der Waals surface area contributed by atoms with E-state index in [1.54, 1.807) is 12.1 Å². The summed E-state index contributed by atoms with van der Waals surface area (Å²) in [4.78, 5) is 23.9. The molecule has 0 aromatic heterocycles. The van der Waals surface area contributed by atoms with E-state index in [2.05, 4.69) is 11.8 Å². The Bertz CT molecular complexity index is 457. The lowest BCUT2D eigenvalue weighted by Crippen LogP contribution is -2.27. The van der Waals surface area contributed by atoms with Gasteiger partial charge in [-0.1, -0.05) is 26.2 Å². The minimum absolute atomic E-state index is 0.103. The van der Waals surface area contributed by atoms with E-state index in [0.717, 1.165) is 25.1 Å². The molecule has 0 aliphatic heterocycles. The van der Waals surface area contributed by atoms with E-state index in [0.29, 0.717) is 12.1 Å².